The molecule has 0 fully saturated rings. The van der Waals surface area contributed by atoms with Gasteiger partial charge in [-0.3, -0.25) is 0 Å². The van der Waals surface area contributed by atoms with Gasteiger partial charge in [0.1, 0.15) is 0 Å². The Hall–Kier alpha value is -1.92. The molecular weight excluding hydrogens is 352 g/mol. The summed E-state index contributed by atoms with van der Waals surface area (Å²) < 4.78 is 5.07. The number of hydrogen-bond acceptors (Lipinski definition) is 2. The average molecular weight is 383 g/mol. The number of methoxy groups -OCH3 is 1. The van der Waals surface area contributed by atoms with Crippen LogP contribution < -0.4 is 10.4 Å². The molecule has 0 amide bonds. The molecule has 0 radical (unpaired) electrons. The molecule has 0 aromatic heterocycles. The highest BCUT2D eigenvalue weighted by Crippen LogP contribution is 2.20. The van der Waals surface area contributed by atoms with E-state index in [2.05, 4.69) is 75.7 Å². The highest BCUT2D eigenvalue weighted by atomic mass is 28.3. The fraction of sp³-hybridized carbons (Fsp3) is 0.318. The molecule has 0 aliphatic heterocycles. The molecule has 2 aromatic carbocycles. The number of benzene rings is 2. The number of esters is 1. The van der Waals surface area contributed by atoms with E-state index < -0.39 is 16.1 Å². The quantitative estimate of drug-likeness (QED) is 0.330. The summed E-state index contributed by atoms with van der Waals surface area (Å²) in [4.78, 5) is 12.5. The predicted molar refractivity (Wildman–Crippen MR) is 119 cm³/mol. The van der Waals surface area contributed by atoms with Crippen molar-refractivity contribution in [3.63, 3.8) is 0 Å². The molecule has 0 spiro atoms. The van der Waals surface area contributed by atoms with Crippen molar-refractivity contribution in [3.8, 4) is 0 Å². The van der Waals surface area contributed by atoms with Crippen molar-refractivity contribution >= 4 is 44.1 Å². The zero-order chi connectivity index (χ0) is 19.5. The molecule has 0 aliphatic carbocycles. The van der Waals surface area contributed by atoms with Gasteiger partial charge in [0.25, 0.3) is 0 Å². The van der Waals surface area contributed by atoms with Gasteiger partial charge in [-0.2, -0.15) is 0 Å². The van der Waals surface area contributed by atoms with Crippen LogP contribution in [0.25, 0.3) is 11.6 Å². The smallest absolute Gasteiger partial charge is 0.338 e. The number of ether oxygens (including phenoxy) is 1. The molecule has 2 nitrogen and oxygen atoms in total. The van der Waals surface area contributed by atoms with Gasteiger partial charge in [-0.25, -0.2) is 4.79 Å². The minimum Gasteiger partial charge on any atom is -0.465 e. The van der Waals surface area contributed by atoms with Crippen LogP contribution in [0.2, 0.25) is 39.3 Å². The third kappa shape index (κ3) is 5.05. The van der Waals surface area contributed by atoms with Gasteiger partial charge >= 0.3 is 5.97 Å². The Morgan fingerprint density at radius 3 is 1.92 bits per heavy atom. The first-order valence-electron chi connectivity index (χ1n) is 9.04. The van der Waals surface area contributed by atoms with Crippen LogP contribution in [0.15, 0.2) is 48.5 Å². The average Bonchev–Trinajstić information content (AvgIpc) is 2.58. The van der Waals surface area contributed by atoms with Crippen molar-refractivity contribution in [2.75, 3.05) is 7.11 Å². The molecule has 0 bridgehead atoms. The van der Waals surface area contributed by atoms with Crippen molar-refractivity contribution < 1.29 is 9.53 Å². The van der Waals surface area contributed by atoms with E-state index in [0.717, 1.165) is 11.1 Å². The lowest BCUT2D eigenvalue weighted by molar-refractivity contribution is -0.133. The highest BCUT2D eigenvalue weighted by molar-refractivity contribution is 6.89. The van der Waals surface area contributed by atoms with Crippen molar-refractivity contribution in [1.82, 2.24) is 0 Å². The van der Waals surface area contributed by atoms with Crippen molar-refractivity contribution in [2.24, 2.45) is 0 Å². The molecule has 0 N–H and O–H groups in total. The topological polar surface area (TPSA) is 26.3 Å². The van der Waals surface area contributed by atoms with E-state index in [0.29, 0.717) is 5.57 Å². The normalized spacial score (nSPS) is 12.8. The van der Waals surface area contributed by atoms with Crippen LogP contribution >= 0.6 is 0 Å². The van der Waals surface area contributed by atoms with Crippen LogP contribution in [0, 0.1) is 0 Å². The van der Waals surface area contributed by atoms with E-state index in [1.807, 2.05) is 18.2 Å². The lowest BCUT2D eigenvalue weighted by Crippen LogP contribution is -2.37. The van der Waals surface area contributed by atoms with E-state index in [1.165, 1.54) is 17.5 Å². The Balaban J connectivity index is 2.56. The van der Waals surface area contributed by atoms with Gasteiger partial charge in [-0.05, 0) is 17.2 Å². The molecule has 0 heterocycles. The standard InChI is InChI=1S/C22H30O2Si2/c1-24-22(23)21(18-11-9-13-20(16-18)26(5,6)7)15-17-10-8-12-19(14-17)25(2,3)4/h8-16H,1-7H3/b21-15+. The Bertz CT molecular complexity index is 825. The van der Waals surface area contributed by atoms with Gasteiger partial charge in [0.15, 0.2) is 0 Å². The fourth-order valence-corrected chi connectivity index (χ4v) is 5.17. The summed E-state index contributed by atoms with van der Waals surface area (Å²) >= 11 is 0. The molecule has 0 aliphatic rings. The Labute approximate surface area is 159 Å². The van der Waals surface area contributed by atoms with Gasteiger partial charge in [-0.15, -0.1) is 0 Å². The maximum atomic E-state index is 12.5. The maximum absolute atomic E-state index is 12.5. The van der Waals surface area contributed by atoms with Gasteiger partial charge in [0.2, 0.25) is 0 Å². The molecule has 2 rings (SSSR count). The molecule has 0 saturated heterocycles. The minimum absolute atomic E-state index is 0.295. The zero-order valence-electron chi connectivity index (χ0n) is 17.0. The SMILES string of the molecule is COC(=O)/C(=C/c1cccc([Si](C)(C)C)c1)c1cccc([Si](C)(C)C)c1. The Morgan fingerprint density at radius 1 is 0.846 bits per heavy atom. The van der Waals surface area contributed by atoms with Crippen LogP contribution in [0.5, 0.6) is 0 Å². The first kappa shape index (κ1) is 20.4. The maximum Gasteiger partial charge on any atom is 0.338 e. The Kier molecular flexibility index (Phi) is 6.09. The van der Waals surface area contributed by atoms with Gasteiger partial charge in [0.05, 0.1) is 28.8 Å². The minimum atomic E-state index is -1.46. The molecule has 0 unspecified atom stereocenters. The monoisotopic (exact) mass is 382 g/mol. The number of rotatable bonds is 5. The van der Waals surface area contributed by atoms with Gasteiger partial charge in [-0.1, -0.05) is 98.2 Å². The summed E-state index contributed by atoms with van der Waals surface area (Å²) in [6.07, 6.45) is 1.96. The lowest BCUT2D eigenvalue weighted by atomic mass is 10.0. The van der Waals surface area contributed by atoms with Crippen LogP contribution in [-0.2, 0) is 9.53 Å². The van der Waals surface area contributed by atoms with Crippen LogP contribution in [0.4, 0.5) is 0 Å². The van der Waals surface area contributed by atoms with E-state index >= 15 is 0 Å². The summed E-state index contributed by atoms with van der Waals surface area (Å²) in [6, 6.07) is 16.9. The molecule has 26 heavy (non-hydrogen) atoms. The summed E-state index contributed by atoms with van der Waals surface area (Å²) in [7, 11) is -1.42. The van der Waals surface area contributed by atoms with Gasteiger partial charge < -0.3 is 4.74 Å². The van der Waals surface area contributed by atoms with Crippen LogP contribution in [0.1, 0.15) is 11.1 Å². The van der Waals surface area contributed by atoms with Crippen LogP contribution in [0.3, 0.4) is 0 Å². The predicted octanol–water partition coefficient (Wildman–Crippen LogP) is 4.49. The number of carbonyl (C=O) groups is 1. The fourth-order valence-electron chi connectivity index (χ4n) is 2.78. The molecule has 138 valence electrons. The van der Waals surface area contributed by atoms with Gasteiger partial charge in [0, 0.05) is 0 Å². The third-order valence-electron chi connectivity index (χ3n) is 4.51. The molecular formula is C22H30O2Si2. The highest BCUT2D eigenvalue weighted by Gasteiger charge is 2.20. The molecule has 2 aromatic rings. The second-order valence-corrected chi connectivity index (χ2v) is 18.9. The second kappa shape index (κ2) is 7.76. The van der Waals surface area contributed by atoms with Crippen molar-refractivity contribution in [2.45, 2.75) is 39.3 Å². The zero-order valence-corrected chi connectivity index (χ0v) is 19.0. The third-order valence-corrected chi connectivity index (χ3v) is 8.59. The number of carbonyl (C=O) groups excluding carboxylic acids is 1. The first-order chi connectivity index (χ1) is 12.0. The largest absolute Gasteiger partial charge is 0.465 e. The van der Waals surface area contributed by atoms with E-state index in [-0.39, 0.29) is 5.97 Å². The lowest BCUT2D eigenvalue weighted by Gasteiger charge is -2.18. The van der Waals surface area contributed by atoms with E-state index in [1.54, 1.807) is 0 Å². The van der Waals surface area contributed by atoms with E-state index in [9.17, 15) is 4.79 Å². The van der Waals surface area contributed by atoms with Crippen molar-refractivity contribution in [1.29, 1.82) is 0 Å². The number of hydrogen-bond donors (Lipinski definition) is 0. The molecule has 4 heteroatoms. The van der Waals surface area contributed by atoms with Crippen LogP contribution in [-0.4, -0.2) is 29.2 Å². The van der Waals surface area contributed by atoms with Crippen molar-refractivity contribution in [3.05, 3.63) is 59.7 Å². The second-order valence-electron chi connectivity index (χ2n) is 8.76. The summed E-state index contributed by atoms with van der Waals surface area (Å²) in [5, 5.41) is 2.71. The summed E-state index contributed by atoms with van der Waals surface area (Å²) in [5.41, 5.74) is 2.58. The first-order valence-corrected chi connectivity index (χ1v) is 16.0. The molecule has 0 saturated carbocycles. The van der Waals surface area contributed by atoms with E-state index in [4.69, 9.17) is 4.74 Å². The summed E-state index contributed by atoms with van der Waals surface area (Å²) in [5.74, 6) is -0.295. The summed E-state index contributed by atoms with van der Waals surface area (Å²) in [6.45, 7) is 13.9. The molecule has 0 atom stereocenters. The Morgan fingerprint density at radius 2 is 1.38 bits per heavy atom.